The molecule has 112 valence electrons. The first-order valence-electron chi connectivity index (χ1n) is 7.01. The van der Waals surface area contributed by atoms with Crippen molar-refractivity contribution in [2.45, 2.75) is 39.7 Å². The molecule has 1 atom stereocenters. The van der Waals surface area contributed by atoms with Gasteiger partial charge in [-0.15, -0.1) is 0 Å². The molecule has 5 nitrogen and oxygen atoms in total. The third kappa shape index (κ3) is 9.50. The first kappa shape index (κ1) is 17.9. The van der Waals surface area contributed by atoms with Gasteiger partial charge in [-0.25, -0.2) is 4.99 Å². The number of hydrogen-bond donors (Lipinski definition) is 3. The van der Waals surface area contributed by atoms with Crippen LogP contribution in [0.4, 0.5) is 0 Å². The maximum atomic E-state index is 5.10. The van der Waals surface area contributed by atoms with E-state index in [2.05, 4.69) is 41.7 Å². The molecular weight excluding hydrogens is 240 g/mol. The van der Waals surface area contributed by atoms with Crippen molar-refractivity contribution in [2.75, 3.05) is 33.9 Å². The second-order valence-corrected chi connectivity index (χ2v) is 4.68. The topological polar surface area (TPSA) is 57.7 Å². The molecule has 0 rings (SSSR count). The Balaban J connectivity index is 4.50. The van der Waals surface area contributed by atoms with Crippen LogP contribution in [-0.4, -0.2) is 46.2 Å². The molecule has 0 amide bonds. The van der Waals surface area contributed by atoms with E-state index in [0.717, 1.165) is 38.4 Å². The van der Waals surface area contributed by atoms with Gasteiger partial charge in [0.2, 0.25) is 0 Å². The lowest BCUT2D eigenvalue weighted by Crippen LogP contribution is -2.29. The largest absolute Gasteiger partial charge is 0.385 e. The van der Waals surface area contributed by atoms with Gasteiger partial charge in [0.15, 0.2) is 0 Å². The first-order valence-corrected chi connectivity index (χ1v) is 7.01. The molecule has 0 aromatic rings. The molecule has 0 radical (unpaired) electrons. The van der Waals surface area contributed by atoms with E-state index in [1.54, 1.807) is 13.4 Å². The fraction of sp³-hybridized carbons (Fsp3) is 0.786. The Morgan fingerprint density at radius 1 is 1.42 bits per heavy atom. The summed E-state index contributed by atoms with van der Waals surface area (Å²) in [6, 6.07) is 0.338. The lowest BCUT2D eigenvalue weighted by atomic mass is 10.2. The monoisotopic (exact) mass is 270 g/mol. The van der Waals surface area contributed by atoms with Crippen LogP contribution in [0, 0.1) is 0 Å². The zero-order chi connectivity index (χ0) is 14.5. The van der Waals surface area contributed by atoms with Crippen molar-refractivity contribution >= 4 is 6.34 Å². The summed E-state index contributed by atoms with van der Waals surface area (Å²) in [6.07, 6.45) is 3.81. The van der Waals surface area contributed by atoms with E-state index in [0.29, 0.717) is 6.04 Å². The van der Waals surface area contributed by atoms with Crippen LogP contribution in [0.1, 0.15) is 33.6 Å². The van der Waals surface area contributed by atoms with Gasteiger partial charge < -0.3 is 20.7 Å². The van der Waals surface area contributed by atoms with Crippen LogP contribution < -0.4 is 16.0 Å². The summed E-state index contributed by atoms with van der Waals surface area (Å²) >= 11 is 0. The Morgan fingerprint density at radius 2 is 2.16 bits per heavy atom. The predicted molar refractivity (Wildman–Crippen MR) is 82.5 cm³/mol. The molecule has 0 aliphatic heterocycles. The number of nitrogens with one attached hydrogen (secondary N) is 3. The second-order valence-electron chi connectivity index (χ2n) is 4.68. The molecule has 0 heterocycles. The molecule has 0 bridgehead atoms. The third-order valence-electron chi connectivity index (χ3n) is 2.68. The number of aliphatic imine (C=N–C) groups is 1. The summed E-state index contributed by atoms with van der Waals surface area (Å²) in [4.78, 5) is 4.42. The summed E-state index contributed by atoms with van der Waals surface area (Å²) < 4.78 is 5.10. The van der Waals surface area contributed by atoms with E-state index >= 15 is 0 Å². The normalized spacial score (nSPS) is 14.4. The molecule has 0 spiro atoms. The zero-order valence-corrected chi connectivity index (χ0v) is 13.0. The average molecular weight is 270 g/mol. The van der Waals surface area contributed by atoms with Gasteiger partial charge >= 0.3 is 0 Å². The third-order valence-corrected chi connectivity index (χ3v) is 2.68. The maximum absolute atomic E-state index is 5.10. The highest BCUT2D eigenvalue weighted by Gasteiger charge is 2.06. The molecular formula is C14H30N4O. The molecule has 3 N–H and O–H groups in total. The highest BCUT2D eigenvalue weighted by Crippen LogP contribution is 2.04. The number of methoxy groups -OCH3 is 1. The van der Waals surface area contributed by atoms with Gasteiger partial charge in [0.25, 0.3) is 0 Å². The highest BCUT2D eigenvalue weighted by molar-refractivity contribution is 5.55. The molecule has 0 aromatic carbocycles. The van der Waals surface area contributed by atoms with Gasteiger partial charge in [-0.3, -0.25) is 0 Å². The molecule has 0 aliphatic rings. The first-order chi connectivity index (χ1) is 9.15. The second kappa shape index (κ2) is 12.0. The van der Waals surface area contributed by atoms with Crippen molar-refractivity contribution in [2.24, 2.45) is 4.99 Å². The van der Waals surface area contributed by atoms with E-state index in [-0.39, 0.29) is 0 Å². The summed E-state index contributed by atoms with van der Waals surface area (Å²) in [6.45, 7) is 9.04. The van der Waals surface area contributed by atoms with Gasteiger partial charge in [0.1, 0.15) is 5.82 Å². The van der Waals surface area contributed by atoms with Crippen LogP contribution in [0.5, 0.6) is 0 Å². The van der Waals surface area contributed by atoms with Crippen molar-refractivity contribution in [3.8, 4) is 0 Å². The molecule has 0 saturated heterocycles. The van der Waals surface area contributed by atoms with Crippen LogP contribution in [0.15, 0.2) is 16.4 Å². The van der Waals surface area contributed by atoms with Crippen molar-refractivity contribution in [1.29, 1.82) is 0 Å². The minimum Gasteiger partial charge on any atom is -0.385 e. The SMILES string of the molecule is CCCNC/C(C)=C(\N=C/NC)NC(C)CCOC. The Hall–Kier alpha value is -1.07. The fourth-order valence-electron chi connectivity index (χ4n) is 1.54. The van der Waals surface area contributed by atoms with Gasteiger partial charge in [-0.2, -0.15) is 0 Å². The van der Waals surface area contributed by atoms with E-state index in [4.69, 9.17) is 4.74 Å². The van der Waals surface area contributed by atoms with Crippen molar-refractivity contribution < 1.29 is 4.74 Å². The van der Waals surface area contributed by atoms with Gasteiger partial charge in [-0.1, -0.05) is 6.92 Å². The summed E-state index contributed by atoms with van der Waals surface area (Å²) in [5, 5.41) is 9.75. The Labute approximate surface area is 117 Å². The number of ether oxygens (including phenoxy) is 1. The van der Waals surface area contributed by atoms with Crippen molar-refractivity contribution in [1.82, 2.24) is 16.0 Å². The smallest absolute Gasteiger partial charge is 0.128 e. The molecule has 0 fully saturated rings. The predicted octanol–water partition coefficient (Wildman–Crippen LogP) is 1.48. The van der Waals surface area contributed by atoms with Crippen LogP contribution >= 0.6 is 0 Å². The Bertz CT molecular complexity index is 277. The van der Waals surface area contributed by atoms with Crippen LogP contribution in [0.3, 0.4) is 0 Å². The van der Waals surface area contributed by atoms with Gasteiger partial charge in [0.05, 0.1) is 6.34 Å². The summed E-state index contributed by atoms with van der Waals surface area (Å²) in [5.41, 5.74) is 1.21. The van der Waals surface area contributed by atoms with E-state index in [1.165, 1.54) is 5.57 Å². The maximum Gasteiger partial charge on any atom is 0.128 e. The standard InChI is InChI=1S/C14H30N4O/c1-6-8-16-10-12(2)14(17-11-15-4)18-13(3)7-9-19-5/h11,13,16,18H,6-10H2,1-5H3,(H,15,17)/b14-12+. The average Bonchev–Trinajstić information content (AvgIpc) is 2.41. The number of hydrogen-bond acceptors (Lipinski definition) is 4. The minimum atomic E-state index is 0.338. The molecule has 0 saturated carbocycles. The van der Waals surface area contributed by atoms with Crippen LogP contribution in [0.2, 0.25) is 0 Å². The number of rotatable bonds is 11. The fourth-order valence-corrected chi connectivity index (χ4v) is 1.54. The Morgan fingerprint density at radius 3 is 2.74 bits per heavy atom. The zero-order valence-electron chi connectivity index (χ0n) is 13.0. The van der Waals surface area contributed by atoms with E-state index in [1.807, 2.05) is 7.05 Å². The van der Waals surface area contributed by atoms with Crippen LogP contribution in [0.25, 0.3) is 0 Å². The molecule has 1 unspecified atom stereocenters. The van der Waals surface area contributed by atoms with Crippen LogP contribution in [-0.2, 0) is 4.74 Å². The minimum absolute atomic E-state index is 0.338. The van der Waals surface area contributed by atoms with Crippen molar-refractivity contribution in [3.63, 3.8) is 0 Å². The lowest BCUT2D eigenvalue weighted by molar-refractivity contribution is 0.186. The lowest BCUT2D eigenvalue weighted by Gasteiger charge is -2.17. The molecule has 0 aliphatic carbocycles. The molecule has 0 aromatic heterocycles. The van der Waals surface area contributed by atoms with E-state index < -0.39 is 0 Å². The summed E-state index contributed by atoms with van der Waals surface area (Å²) in [5.74, 6) is 0.932. The number of nitrogens with zero attached hydrogens (tertiary/aromatic N) is 1. The van der Waals surface area contributed by atoms with E-state index in [9.17, 15) is 0 Å². The van der Waals surface area contributed by atoms with Gasteiger partial charge in [0, 0.05) is 33.4 Å². The quantitative estimate of drug-likeness (QED) is 0.302. The highest BCUT2D eigenvalue weighted by atomic mass is 16.5. The summed E-state index contributed by atoms with van der Waals surface area (Å²) in [7, 11) is 3.57. The Kier molecular flexibility index (Phi) is 11.3. The molecule has 5 heteroatoms. The molecule has 19 heavy (non-hydrogen) atoms. The van der Waals surface area contributed by atoms with Crippen molar-refractivity contribution in [3.05, 3.63) is 11.4 Å². The van der Waals surface area contributed by atoms with Gasteiger partial charge in [-0.05, 0) is 38.8 Å².